The van der Waals surface area contributed by atoms with E-state index in [0.29, 0.717) is 6.42 Å². The Balaban J connectivity index is 1.29. The maximum Gasteiger partial charge on any atom is 0.227 e. The number of benzene rings is 2. The molecule has 156 valence electrons. The fraction of sp³-hybridized carbons (Fsp3) is 0.333. The first-order valence-corrected chi connectivity index (χ1v) is 11.1. The molecule has 2 heterocycles. The molecular formula is C24H27N3O2S. The molecule has 1 aliphatic heterocycles. The van der Waals surface area contributed by atoms with Crippen molar-refractivity contribution in [3.05, 3.63) is 70.7 Å². The van der Waals surface area contributed by atoms with Crippen LogP contribution in [0.2, 0.25) is 0 Å². The Hall–Kier alpha value is -2.70. The third kappa shape index (κ3) is 4.89. The lowest BCUT2D eigenvalue weighted by Gasteiger charge is -2.34. The summed E-state index contributed by atoms with van der Waals surface area (Å²) < 4.78 is 5.22. The second-order valence-corrected chi connectivity index (χ2v) is 8.49. The van der Waals surface area contributed by atoms with Crippen LogP contribution in [0.15, 0.2) is 53.9 Å². The Morgan fingerprint density at radius 3 is 2.50 bits per heavy atom. The summed E-state index contributed by atoms with van der Waals surface area (Å²) in [6, 6.07) is 16.1. The summed E-state index contributed by atoms with van der Waals surface area (Å²) in [5.74, 6) is 1.07. The molecule has 0 unspecified atom stereocenters. The number of rotatable bonds is 6. The molecular weight excluding hydrogens is 394 g/mol. The number of carbonyl (C=O) groups is 1. The van der Waals surface area contributed by atoms with Crippen molar-refractivity contribution in [2.75, 3.05) is 33.3 Å². The molecule has 0 aliphatic carbocycles. The smallest absolute Gasteiger partial charge is 0.227 e. The molecule has 1 aromatic heterocycles. The molecule has 30 heavy (non-hydrogen) atoms. The van der Waals surface area contributed by atoms with Crippen molar-refractivity contribution >= 4 is 17.2 Å². The van der Waals surface area contributed by atoms with Gasteiger partial charge in [-0.25, -0.2) is 4.98 Å². The van der Waals surface area contributed by atoms with E-state index in [-0.39, 0.29) is 5.91 Å². The van der Waals surface area contributed by atoms with Crippen LogP contribution in [0.1, 0.15) is 16.8 Å². The average molecular weight is 422 g/mol. The van der Waals surface area contributed by atoms with Crippen LogP contribution in [0, 0.1) is 6.92 Å². The topological polar surface area (TPSA) is 45.7 Å². The highest BCUT2D eigenvalue weighted by atomic mass is 32.1. The van der Waals surface area contributed by atoms with Crippen molar-refractivity contribution in [1.82, 2.24) is 14.8 Å². The maximum absolute atomic E-state index is 12.7. The molecule has 1 aliphatic rings. The van der Waals surface area contributed by atoms with E-state index >= 15 is 0 Å². The zero-order chi connectivity index (χ0) is 20.9. The van der Waals surface area contributed by atoms with Gasteiger partial charge in [0, 0.05) is 43.7 Å². The minimum Gasteiger partial charge on any atom is -0.497 e. The minimum absolute atomic E-state index is 0.222. The first kappa shape index (κ1) is 20.6. The van der Waals surface area contributed by atoms with Crippen LogP contribution in [-0.4, -0.2) is 54.0 Å². The third-order valence-corrected chi connectivity index (χ3v) is 6.54. The van der Waals surface area contributed by atoms with Crippen LogP contribution in [-0.2, 0) is 17.8 Å². The van der Waals surface area contributed by atoms with Crippen LogP contribution < -0.4 is 4.74 Å². The predicted molar refractivity (Wildman–Crippen MR) is 121 cm³/mol. The molecule has 0 atom stereocenters. The van der Waals surface area contributed by atoms with E-state index < -0.39 is 0 Å². The van der Waals surface area contributed by atoms with Crippen molar-refractivity contribution < 1.29 is 9.53 Å². The van der Waals surface area contributed by atoms with Crippen LogP contribution >= 0.6 is 11.3 Å². The number of amides is 1. The molecule has 2 aromatic carbocycles. The van der Waals surface area contributed by atoms with E-state index in [1.165, 1.54) is 5.56 Å². The number of nitrogens with zero attached hydrogens (tertiary/aromatic N) is 3. The lowest BCUT2D eigenvalue weighted by molar-refractivity contribution is -0.132. The zero-order valence-corrected chi connectivity index (χ0v) is 18.3. The number of carbonyl (C=O) groups excluding carboxylic acids is 1. The number of aromatic nitrogens is 1. The number of piperazine rings is 1. The lowest BCUT2D eigenvalue weighted by atomic mass is 10.1. The van der Waals surface area contributed by atoms with Gasteiger partial charge in [0.25, 0.3) is 0 Å². The van der Waals surface area contributed by atoms with Crippen LogP contribution in [0.5, 0.6) is 5.75 Å². The average Bonchev–Trinajstić information content (AvgIpc) is 3.24. The minimum atomic E-state index is 0.222. The van der Waals surface area contributed by atoms with Gasteiger partial charge >= 0.3 is 0 Å². The second-order valence-electron chi connectivity index (χ2n) is 7.63. The summed E-state index contributed by atoms with van der Waals surface area (Å²) in [5, 5.41) is 3.16. The summed E-state index contributed by atoms with van der Waals surface area (Å²) in [6.07, 6.45) is 0.490. The van der Waals surface area contributed by atoms with Crippen LogP contribution in [0.25, 0.3) is 10.6 Å². The van der Waals surface area contributed by atoms with Gasteiger partial charge in [-0.2, -0.15) is 0 Å². The molecule has 0 N–H and O–H groups in total. The van der Waals surface area contributed by atoms with Gasteiger partial charge in [-0.1, -0.05) is 24.3 Å². The van der Waals surface area contributed by atoms with Crippen LogP contribution in [0.4, 0.5) is 0 Å². The molecule has 4 rings (SSSR count). The molecule has 6 heteroatoms. The van der Waals surface area contributed by atoms with E-state index in [0.717, 1.165) is 60.3 Å². The monoisotopic (exact) mass is 421 g/mol. The van der Waals surface area contributed by atoms with E-state index in [2.05, 4.69) is 23.3 Å². The van der Waals surface area contributed by atoms with Gasteiger partial charge in [0.05, 0.1) is 19.2 Å². The van der Waals surface area contributed by atoms with Gasteiger partial charge in [0.15, 0.2) is 0 Å². The Bertz CT molecular complexity index is 992. The van der Waals surface area contributed by atoms with Gasteiger partial charge in [0.2, 0.25) is 5.91 Å². The molecule has 3 aromatic rings. The summed E-state index contributed by atoms with van der Waals surface area (Å²) in [5.41, 5.74) is 4.50. The van der Waals surface area contributed by atoms with Crippen molar-refractivity contribution in [2.24, 2.45) is 0 Å². The summed E-state index contributed by atoms with van der Waals surface area (Å²) in [6.45, 7) is 6.21. The summed E-state index contributed by atoms with van der Waals surface area (Å²) >= 11 is 1.67. The fourth-order valence-electron chi connectivity index (χ4n) is 3.71. The van der Waals surface area contributed by atoms with Gasteiger partial charge in [-0.05, 0) is 42.3 Å². The highest BCUT2D eigenvalue weighted by Gasteiger charge is 2.22. The van der Waals surface area contributed by atoms with Crippen molar-refractivity contribution in [2.45, 2.75) is 19.9 Å². The number of methoxy groups -OCH3 is 1. The van der Waals surface area contributed by atoms with Gasteiger partial charge < -0.3 is 9.64 Å². The largest absolute Gasteiger partial charge is 0.497 e. The number of hydrogen-bond acceptors (Lipinski definition) is 5. The molecule has 1 fully saturated rings. The van der Waals surface area contributed by atoms with Crippen molar-refractivity contribution in [3.63, 3.8) is 0 Å². The van der Waals surface area contributed by atoms with E-state index in [9.17, 15) is 4.79 Å². The summed E-state index contributed by atoms with van der Waals surface area (Å²) in [7, 11) is 1.67. The van der Waals surface area contributed by atoms with E-state index in [4.69, 9.17) is 9.72 Å². The normalized spacial score (nSPS) is 14.7. The number of aryl methyl sites for hydroxylation is 1. The number of thiazole rings is 1. The molecule has 0 radical (unpaired) electrons. The molecule has 0 bridgehead atoms. The maximum atomic E-state index is 12.7. The first-order valence-electron chi connectivity index (χ1n) is 10.3. The quantitative estimate of drug-likeness (QED) is 0.603. The Labute approximate surface area is 181 Å². The number of hydrogen-bond donors (Lipinski definition) is 0. The molecule has 0 saturated carbocycles. The lowest BCUT2D eigenvalue weighted by Crippen LogP contribution is -2.48. The SMILES string of the molecule is COc1ccc(-c2nc(CN3CCN(C(=O)Cc4ccccc4C)CC3)cs2)cc1. The van der Waals surface area contributed by atoms with E-state index in [1.807, 2.05) is 47.4 Å². The zero-order valence-electron chi connectivity index (χ0n) is 17.5. The van der Waals surface area contributed by atoms with Crippen molar-refractivity contribution in [1.29, 1.82) is 0 Å². The van der Waals surface area contributed by atoms with Crippen molar-refractivity contribution in [3.8, 4) is 16.3 Å². The molecule has 1 amide bonds. The Morgan fingerprint density at radius 1 is 1.07 bits per heavy atom. The fourth-order valence-corrected chi connectivity index (χ4v) is 4.53. The summed E-state index contributed by atoms with van der Waals surface area (Å²) in [4.78, 5) is 21.9. The number of ether oxygens (including phenoxy) is 1. The first-order chi connectivity index (χ1) is 14.6. The predicted octanol–water partition coefficient (Wildman–Crippen LogP) is 4.01. The van der Waals surface area contributed by atoms with Gasteiger partial charge in [-0.3, -0.25) is 9.69 Å². The third-order valence-electron chi connectivity index (χ3n) is 5.60. The van der Waals surface area contributed by atoms with Gasteiger partial charge in [-0.15, -0.1) is 11.3 Å². The second kappa shape index (κ2) is 9.41. The Morgan fingerprint density at radius 2 is 1.80 bits per heavy atom. The van der Waals surface area contributed by atoms with E-state index in [1.54, 1.807) is 18.4 Å². The standard InChI is InChI=1S/C24H27N3O2S/c1-18-5-3-4-6-20(18)15-23(28)27-13-11-26(12-14-27)16-21-17-30-24(25-21)19-7-9-22(29-2)10-8-19/h3-10,17H,11-16H2,1-2H3. The highest BCUT2D eigenvalue weighted by Crippen LogP contribution is 2.26. The molecule has 1 saturated heterocycles. The highest BCUT2D eigenvalue weighted by molar-refractivity contribution is 7.13. The van der Waals surface area contributed by atoms with Gasteiger partial charge in [0.1, 0.15) is 10.8 Å². The Kier molecular flexibility index (Phi) is 6.45. The molecule has 5 nitrogen and oxygen atoms in total. The van der Waals surface area contributed by atoms with Crippen LogP contribution in [0.3, 0.4) is 0 Å². The molecule has 0 spiro atoms.